The lowest BCUT2D eigenvalue weighted by Gasteiger charge is -2.15. The molecular formula is C11H18BrNO3. The Morgan fingerprint density at radius 3 is 2.81 bits per heavy atom. The second kappa shape index (κ2) is 6.89. The summed E-state index contributed by atoms with van der Waals surface area (Å²) in [5.41, 5.74) is 0. The van der Waals surface area contributed by atoms with Crippen molar-refractivity contribution in [1.82, 2.24) is 4.90 Å². The van der Waals surface area contributed by atoms with Crippen LogP contribution in [-0.2, 0) is 14.3 Å². The number of methoxy groups -OCH3 is 1. The number of carbonyl (C=O) groups is 2. The summed E-state index contributed by atoms with van der Waals surface area (Å²) in [4.78, 5) is 24.8. The van der Waals surface area contributed by atoms with Gasteiger partial charge in [-0.15, -0.1) is 0 Å². The number of nitrogens with zero attached hydrogens (tertiary/aromatic N) is 1. The first-order valence-corrected chi connectivity index (χ1v) is 6.72. The number of halogens is 1. The molecule has 1 fully saturated rings. The van der Waals surface area contributed by atoms with Crippen LogP contribution in [0.5, 0.6) is 0 Å². The molecule has 0 spiro atoms. The predicted molar refractivity (Wildman–Crippen MR) is 64.3 cm³/mol. The van der Waals surface area contributed by atoms with E-state index in [2.05, 4.69) is 20.7 Å². The van der Waals surface area contributed by atoms with Gasteiger partial charge in [-0.05, 0) is 19.3 Å². The normalized spacial score (nSPS) is 19.9. The molecule has 1 aliphatic rings. The lowest BCUT2D eigenvalue weighted by Crippen LogP contribution is -2.30. The fraction of sp³-hybridized carbons (Fsp3) is 0.818. The average Bonchev–Trinajstić information content (AvgIpc) is 2.77. The summed E-state index contributed by atoms with van der Waals surface area (Å²) in [5.74, 6) is -0.159. The Labute approximate surface area is 104 Å². The van der Waals surface area contributed by atoms with Gasteiger partial charge in [0.2, 0.25) is 5.91 Å². The maximum absolute atomic E-state index is 11.7. The molecule has 1 amide bonds. The van der Waals surface area contributed by atoms with Crippen LogP contribution in [0.15, 0.2) is 0 Å². The van der Waals surface area contributed by atoms with Crippen molar-refractivity contribution in [3.05, 3.63) is 0 Å². The van der Waals surface area contributed by atoms with E-state index in [1.165, 1.54) is 7.11 Å². The number of likely N-dealkylation sites (tertiary alicyclic amines) is 1. The van der Waals surface area contributed by atoms with Crippen molar-refractivity contribution >= 4 is 27.8 Å². The zero-order valence-corrected chi connectivity index (χ0v) is 11.2. The van der Waals surface area contributed by atoms with Gasteiger partial charge in [-0.3, -0.25) is 9.59 Å². The number of rotatable bonds is 5. The molecule has 4 nitrogen and oxygen atoms in total. The number of amides is 1. The maximum atomic E-state index is 11.7. The lowest BCUT2D eigenvalue weighted by atomic mass is 10.1. The Morgan fingerprint density at radius 1 is 1.44 bits per heavy atom. The molecule has 16 heavy (non-hydrogen) atoms. The SMILES string of the molecule is COC(=O)C1CCN(C(=O)CCCCBr)C1. The van der Waals surface area contributed by atoms with Crippen LogP contribution >= 0.6 is 15.9 Å². The van der Waals surface area contributed by atoms with Gasteiger partial charge in [0.25, 0.3) is 0 Å². The van der Waals surface area contributed by atoms with Crippen molar-refractivity contribution in [2.24, 2.45) is 5.92 Å². The molecule has 0 aliphatic carbocycles. The van der Waals surface area contributed by atoms with Gasteiger partial charge in [0.05, 0.1) is 13.0 Å². The van der Waals surface area contributed by atoms with E-state index >= 15 is 0 Å². The Bertz CT molecular complexity index is 258. The molecular weight excluding hydrogens is 274 g/mol. The third-order valence-corrected chi connectivity index (χ3v) is 3.41. The van der Waals surface area contributed by atoms with Crippen molar-refractivity contribution in [3.8, 4) is 0 Å². The molecule has 92 valence electrons. The minimum atomic E-state index is -0.198. The van der Waals surface area contributed by atoms with E-state index in [0.29, 0.717) is 19.5 Å². The van der Waals surface area contributed by atoms with E-state index in [1.54, 1.807) is 4.90 Å². The van der Waals surface area contributed by atoms with Gasteiger partial charge in [-0.2, -0.15) is 0 Å². The third-order valence-electron chi connectivity index (χ3n) is 2.85. The van der Waals surface area contributed by atoms with Gasteiger partial charge in [0.15, 0.2) is 0 Å². The molecule has 1 rings (SSSR count). The fourth-order valence-electron chi connectivity index (χ4n) is 1.87. The summed E-state index contributed by atoms with van der Waals surface area (Å²) < 4.78 is 4.68. The fourth-order valence-corrected chi connectivity index (χ4v) is 2.27. The zero-order chi connectivity index (χ0) is 12.0. The highest BCUT2D eigenvalue weighted by molar-refractivity contribution is 9.09. The van der Waals surface area contributed by atoms with Crippen molar-refractivity contribution in [3.63, 3.8) is 0 Å². The van der Waals surface area contributed by atoms with Gasteiger partial charge < -0.3 is 9.64 Å². The molecule has 0 aromatic heterocycles. The molecule has 0 saturated carbocycles. The van der Waals surface area contributed by atoms with E-state index in [0.717, 1.165) is 24.6 Å². The van der Waals surface area contributed by atoms with Crippen molar-refractivity contribution in [2.45, 2.75) is 25.7 Å². The maximum Gasteiger partial charge on any atom is 0.310 e. The van der Waals surface area contributed by atoms with E-state index in [-0.39, 0.29) is 17.8 Å². The number of ether oxygens (including phenoxy) is 1. The van der Waals surface area contributed by atoms with Gasteiger partial charge in [-0.1, -0.05) is 15.9 Å². The molecule has 1 unspecified atom stereocenters. The number of esters is 1. The van der Waals surface area contributed by atoms with Crippen LogP contribution in [0.1, 0.15) is 25.7 Å². The Morgan fingerprint density at radius 2 is 2.19 bits per heavy atom. The summed E-state index contributed by atoms with van der Waals surface area (Å²) in [5, 5.41) is 0.936. The first-order valence-electron chi connectivity index (χ1n) is 5.60. The molecule has 1 saturated heterocycles. The molecule has 1 heterocycles. The van der Waals surface area contributed by atoms with Crippen molar-refractivity contribution in [2.75, 3.05) is 25.5 Å². The highest BCUT2D eigenvalue weighted by Gasteiger charge is 2.31. The first-order chi connectivity index (χ1) is 7.69. The number of hydrogen-bond acceptors (Lipinski definition) is 3. The Hall–Kier alpha value is -0.580. The summed E-state index contributed by atoms with van der Waals surface area (Å²) in [6.45, 7) is 1.22. The standard InChI is InChI=1S/C11H18BrNO3/c1-16-11(15)9-5-7-13(8-9)10(14)4-2-3-6-12/h9H,2-8H2,1H3. The monoisotopic (exact) mass is 291 g/mol. The van der Waals surface area contributed by atoms with Crippen LogP contribution in [0.4, 0.5) is 0 Å². The molecule has 5 heteroatoms. The summed E-state index contributed by atoms with van der Waals surface area (Å²) in [6, 6.07) is 0. The van der Waals surface area contributed by atoms with Crippen LogP contribution in [0.3, 0.4) is 0 Å². The average molecular weight is 292 g/mol. The third kappa shape index (κ3) is 3.77. The molecule has 1 aliphatic heterocycles. The van der Waals surface area contributed by atoms with Crippen molar-refractivity contribution < 1.29 is 14.3 Å². The van der Waals surface area contributed by atoms with E-state index in [4.69, 9.17) is 0 Å². The van der Waals surface area contributed by atoms with E-state index in [9.17, 15) is 9.59 Å². The molecule has 0 N–H and O–H groups in total. The number of alkyl halides is 1. The van der Waals surface area contributed by atoms with Crippen LogP contribution in [-0.4, -0.2) is 42.3 Å². The quantitative estimate of drug-likeness (QED) is 0.439. The van der Waals surface area contributed by atoms with Crippen LogP contribution in [0, 0.1) is 5.92 Å². The zero-order valence-electron chi connectivity index (χ0n) is 9.58. The van der Waals surface area contributed by atoms with E-state index in [1.807, 2.05) is 0 Å². The number of carbonyl (C=O) groups excluding carboxylic acids is 2. The van der Waals surface area contributed by atoms with Gasteiger partial charge in [0.1, 0.15) is 0 Å². The van der Waals surface area contributed by atoms with Gasteiger partial charge in [-0.25, -0.2) is 0 Å². The van der Waals surface area contributed by atoms with E-state index < -0.39 is 0 Å². The number of unbranched alkanes of at least 4 members (excludes halogenated alkanes) is 1. The van der Waals surface area contributed by atoms with Crippen LogP contribution < -0.4 is 0 Å². The summed E-state index contributed by atoms with van der Waals surface area (Å²) >= 11 is 3.33. The second-order valence-electron chi connectivity index (χ2n) is 3.99. The summed E-state index contributed by atoms with van der Waals surface area (Å²) in [6.07, 6.45) is 3.24. The van der Waals surface area contributed by atoms with Crippen molar-refractivity contribution in [1.29, 1.82) is 0 Å². The minimum Gasteiger partial charge on any atom is -0.469 e. The topological polar surface area (TPSA) is 46.6 Å². The van der Waals surface area contributed by atoms with Gasteiger partial charge in [0, 0.05) is 24.8 Å². The smallest absolute Gasteiger partial charge is 0.310 e. The highest BCUT2D eigenvalue weighted by Crippen LogP contribution is 2.18. The first kappa shape index (κ1) is 13.5. The minimum absolute atomic E-state index is 0.120. The van der Waals surface area contributed by atoms with Crippen LogP contribution in [0.25, 0.3) is 0 Å². The highest BCUT2D eigenvalue weighted by atomic mass is 79.9. The largest absolute Gasteiger partial charge is 0.469 e. The van der Waals surface area contributed by atoms with Crippen LogP contribution in [0.2, 0.25) is 0 Å². The predicted octanol–water partition coefficient (Wildman–Crippen LogP) is 1.57. The molecule has 0 bridgehead atoms. The summed E-state index contributed by atoms with van der Waals surface area (Å²) in [7, 11) is 1.39. The second-order valence-corrected chi connectivity index (χ2v) is 4.79. The Kier molecular flexibility index (Phi) is 5.80. The lowest BCUT2D eigenvalue weighted by molar-refractivity contribution is -0.145. The Balaban J connectivity index is 2.29. The molecule has 0 aromatic carbocycles. The number of hydrogen-bond donors (Lipinski definition) is 0. The van der Waals surface area contributed by atoms with Gasteiger partial charge >= 0.3 is 5.97 Å². The molecule has 1 atom stereocenters. The molecule has 0 aromatic rings. The molecule has 0 radical (unpaired) electrons.